The van der Waals surface area contributed by atoms with Crippen molar-refractivity contribution in [1.29, 1.82) is 0 Å². The van der Waals surface area contributed by atoms with Crippen molar-refractivity contribution in [2.75, 3.05) is 31.1 Å². The molecule has 246 valence electrons. The molecule has 2 aliphatic heterocycles. The predicted octanol–water partition coefficient (Wildman–Crippen LogP) is 5.11. The number of aromatic nitrogens is 5. The molecule has 1 N–H and O–H groups in total. The Morgan fingerprint density at radius 2 is 1.85 bits per heavy atom. The van der Waals surface area contributed by atoms with E-state index in [0.717, 1.165) is 24.1 Å². The Labute approximate surface area is 282 Å². The Kier molecular flexibility index (Phi) is 9.25. The Hall–Kier alpha value is -4.42. The quantitative estimate of drug-likeness (QED) is 0.317. The number of amides is 2. The summed E-state index contributed by atoms with van der Waals surface area (Å²) in [5.41, 5.74) is 2.57. The Morgan fingerprint density at radius 1 is 1.02 bits per heavy atom. The molecule has 4 aromatic rings. The summed E-state index contributed by atoms with van der Waals surface area (Å²) in [5, 5.41) is 11.7. The van der Waals surface area contributed by atoms with E-state index in [-0.39, 0.29) is 29.2 Å². The van der Waals surface area contributed by atoms with Crippen LogP contribution in [0.25, 0.3) is 16.9 Å². The van der Waals surface area contributed by atoms with Gasteiger partial charge in [-0.15, -0.1) is 5.10 Å². The van der Waals surface area contributed by atoms with Crippen LogP contribution < -0.4 is 15.8 Å². The largest absolute Gasteiger partial charge is 0.444 e. The summed E-state index contributed by atoms with van der Waals surface area (Å²) in [4.78, 5) is 48.5. The number of hydrogen-bond donors (Lipinski definition) is 1. The fourth-order valence-electron chi connectivity index (χ4n) is 6.04. The summed E-state index contributed by atoms with van der Waals surface area (Å²) in [6, 6.07) is 13.7. The maximum absolute atomic E-state index is 13.8. The van der Waals surface area contributed by atoms with Crippen molar-refractivity contribution in [3.63, 3.8) is 0 Å². The zero-order chi connectivity index (χ0) is 33.3. The third kappa shape index (κ3) is 7.28. The van der Waals surface area contributed by atoms with E-state index in [9.17, 15) is 14.4 Å². The van der Waals surface area contributed by atoms with Crippen molar-refractivity contribution < 1.29 is 14.3 Å². The first-order valence-corrected chi connectivity index (χ1v) is 16.3. The molecule has 2 aromatic carbocycles. The Bertz CT molecular complexity index is 1850. The first kappa shape index (κ1) is 32.5. The average Bonchev–Trinajstić information content (AvgIpc) is 3.47. The van der Waals surface area contributed by atoms with E-state index in [2.05, 4.69) is 15.6 Å². The number of nitrogens with zero attached hydrogens (tertiary/aromatic N) is 7. The number of benzene rings is 2. The first-order valence-electron chi connectivity index (χ1n) is 15.6. The van der Waals surface area contributed by atoms with Gasteiger partial charge in [-0.1, -0.05) is 40.5 Å². The number of carbonyl (C=O) groups is 2. The minimum absolute atomic E-state index is 0.134. The van der Waals surface area contributed by atoms with E-state index in [1.807, 2.05) is 49.9 Å². The molecule has 2 bridgehead atoms. The molecule has 47 heavy (non-hydrogen) atoms. The van der Waals surface area contributed by atoms with Crippen LogP contribution in [-0.2, 0) is 9.53 Å². The topological polar surface area (TPSA) is 127 Å². The van der Waals surface area contributed by atoms with E-state index < -0.39 is 17.7 Å². The van der Waals surface area contributed by atoms with Gasteiger partial charge in [0, 0.05) is 42.0 Å². The van der Waals surface area contributed by atoms with Gasteiger partial charge in [0.1, 0.15) is 11.6 Å². The average molecular weight is 680 g/mol. The van der Waals surface area contributed by atoms with Gasteiger partial charge >= 0.3 is 6.09 Å². The van der Waals surface area contributed by atoms with Crippen molar-refractivity contribution >= 4 is 40.9 Å². The highest BCUT2D eigenvalue weighted by atomic mass is 35.5. The summed E-state index contributed by atoms with van der Waals surface area (Å²) in [6.07, 6.45) is 4.84. The molecule has 2 aromatic heterocycles. The fourth-order valence-corrected chi connectivity index (χ4v) is 6.34. The summed E-state index contributed by atoms with van der Waals surface area (Å²) in [6.45, 7) is 7.00. The molecule has 1 saturated heterocycles. The SMILES string of the molecule is CC(C)(C)OC(=O)N1CCN2c3cccc(c3)[C@@H](n3cnc(-c4cc(Cl)ccc4-n4cc(Cl)nn4)cc3=O)CCCCNC(=O)[C@H]2C1. The van der Waals surface area contributed by atoms with Gasteiger partial charge in [0.2, 0.25) is 5.91 Å². The molecule has 4 heterocycles. The zero-order valence-corrected chi connectivity index (χ0v) is 27.9. The van der Waals surface area contributed by atoms with Gasteiger partial charge in [-0.05, 0) is 75.9 Å². The van der Waals surface area contributed by atoms with Crippen molar-refractivity contribution in [2.45, 2.75) is 57.7 Å². The van der Waals surface area contributed by atoms with Crippen molar-refractivity contribution in [1.82, 2.24) is 34.8 Å². The van der Waals surface area contributed by atoms with E-state index in [0.29, 0.717) is 48.0 Å². The molecular weight excluding hydrogens is 643 g/mol. The van der Waals surface area contributed by atoms with Gasteiger partial charge in [-0.2, -0.15) is 0 Å². The molecule has 1 fully saturated rings. The monoisotopic (exact) mass is 678 g/mol. The second-order valence-corrected chi connectivity index (χ2v) is 13.5. The molecule has 0 saturated carbocycles. The minimum atomic E-state index is -0.639. The van der Waals surface area contributed by atoms with Crippen molar-refractivity contribution in [2.24, 2.45) is 0 Å². The summed E-state index contributed by atoms with van der Waals surface area (Å²) in [7, 11) is 0. The lowest BCUT2D eigenvalue weighted by molar-refractivity contribution is -0.123. The molecule has 2 amide bonds. The van der Waals surface area contributed by atoms with Crippen LogP contribution in [0.15, 0.2) is 65.8 Å². The maximum atomic E-state index is 13.8. The van der Waals surface area contributed by atoms with Crippen LogP contribution in [0, 0.1) is 0 Å². The predicted molar refractivity (Wildman–Crippen MR) is 179 cm³/mol. The van der Waals surface area contributed by atoms with Crippen LogP contribution in [0.5, 0.6) is 0 Å². The number of piperazine rings is 1. The number of rotatable bonds is 3. The summed E-state index contributed by atoms with van der Waals surface area (Å²) < 4.78 is 8.77. The fraction of sp³-hybridized carbons (Fsp3) is 0.394. The van der Waals surface area contributed by atoms with E-state index in [1.54, 1.807) is 40.2 Å². The van der Waals surface area contributed by atoms with Gasteiger partial charge in [0.05, 0.1) is 36.5 Å². The van der Waals surface area contributed by atoms with E-state index in [4.69, 9.17) is 32.9 Å². The molecule has 0 spiro atoms. The standard InChI is InChI=1S/C33H36Cl2N8O4/c1-33(2,3)47-32(46)40-13-14-41-23-8-6-7-21(15-23)26(9-4-5-12-36-31(45)28(41)18-40)42-20-37-25(17-30(42)44)24-16-22(34)10-11-27(24)43-19-29(35)38-39-43/h6-8,10-11,15-17,19-20,26,28H,4-5,9,12-14,18H2,1-3H3,(H,36,45)/t26-,28+/m0/s1. The number of carbonyl (C=O) groups excluding carboxylic acids is 2. The molecule has 0 unspecified atom stereocenters. The third-order valence-electron chi connectivity index (χ3n) is 8.24. The minimum Gasteiger partial charge on any atom is -0.444 e. The number of ether oxygens (including phenoxy) is 1. The second kappa shape index (κ2) is 13.4. The lowest BCUT2D eigenvalue weighted by atomic mass is 9.98. The normalized spacial score (nSPS) is 18.9. The summed E-state index contributed by atoms with van der Waals surface area (Å²) >= 11 is 12.4. The molecule has 6 rings (SSSR count). The number of nitrogens with one attached hydrogen (secondary N) is 1. The van der Waals surface area contributed by atoms with Crippen LogP contribution in [0.1, 0.15) is 51.6 Å². The Morgan fingerprint density at radius 3 is 2.60 bits per heavy atom. The molecule has 14 heteroatoms. The van der Waals surface area contributed by atoms with Crippen LogP contribution >= 0.6 is 23.2 Å². The van der Waals surface area contributed by atoms with Gasteiger partial charge in [-0.3, -0.25) is 14.2 Å². The number of halogens is 2. The van der Waals surface area contributed by atoms with Gasteiger partial charge in [0.15, 0.2) is 5.15 Å². The highest BCUT2D eigenvalue weighted by Gasteiger charge is 2.36. The molecular formula is C33H36Cl2N8O4. The van der Waals surface area contributed by atoms with Gasteiger partial charge in [-0.25, -0.2) is 14.5 Å². The molecule has 2 atom stereocenters. The number of fused-ring (bicyclic) bond motifs is 4. The summed E-state index contributed by atoms with van der Waals surface area (Å²) in [5.74, 6) is -0.134. The first-order chi connectivity index (χ1) is 22.5. The molecule has 0 radical (unpaired) electrons. The van der Waals surface area contributed by atoms with Crippen LogP contribution in [0.4, 0.5) is 10.5 Å². The lowest BCUT2D eigenvalue weighted by Crippen LogP contribution is -2.61. The van der Waals surface area contributed by atoms with E-state index in [1.165, 1.54) is 10.7 Å². The lowest BCUT2D eigenvalue weighted by Gasteiger charge is -2.42. The number of anilines is 1. The highest BCUT2D eigenvalue weighted by Crippen LogP contribution is 2.31. The molecule has 0 aliphatic carbocycles. The number of hydrogen-bond acceptors (Lipinski definition) is 8. The van der Waals surface area contributed by atoms with Crippen molar-refractivity contribution in [3.8, 4) is 16.9 Å². The Balaban J connectivity index is 1.33. The van der Waals surface area contributed by atoms with E-state index >= 15 is 0 Å². The highest BCUT2D eigenvalue weighted by molar-refractivity contribution is 6.31. The third-order valence-corrected chi connectivity index (χ3v) is 8.65. The van der Waals surface area contributed by atoms with Crippen molar-refractivity contribution in [3.05, 3.63) is 87.1 Å². The van der Waals surface area contributed by atoms with Gasteiger partial charge in [0.25, 0.3) is 5.56 Å². The zero-order valence-electron chi connectivity index (χ0n) is 26.4. The van der Waals surface area contributed by atoms with Crippen LogP contribution in [0.3, 0.4) is 0 Å². The maximum Gasteiger partial charge on any atom is 0.410 e. The second-order valence-electron chi connectivity index (χ2n) is 12.7. The van der Waals surface area contributed by atoms with Gasteiger partial charge < -0.3 is 19.9 Å². The smallest absolute Gasteiger partial charge is 0.410 e. The van der Waals surface area contributed by atoms with Crippen LogP contribution in [0.2, 0.25) is 10.2 Å². The van der Waals surface area contributed by atoms with Crippen LogP contribution in [-0.4, -0.2) is 79.3 Å². The molecule has 2 aliphatic rings. The molecule has 12 nitrogen and oxygen atoms in total.